The fraction of sp³-hybridized carbons (Fsp3) is 0.611. The molecule has 5 heteroatoms. The zero-order chi connectivity index (χ0) is 16.2. The average molecular weight is 318 g/mol. The van der Waals surface area contributed by atoms with Crippen LogP contribution in [0.2, 0.25) is 0 Å². The number of benzene rings is 1. The van der Waals surface area contributed by atoms with Gasteiger partial charge >= 0.3 is 0 Å². The quantitative estimate of drug-likeness (QED) is 0.732. The van der Waals surface area contributed by atoms with Gasteiger partial charge in [-0.25, -0.2) is 0 Å². The van der Waals surface area contributed by atoms with Crippen molar-refractivity contribution in [1.29, 1.82) is 0 Å². The molecule has 1 saturated carbocycles. The first kappa shape index (κ1) is 16.4. The van der Waals surface area contributed by atoms with Crippen molar-refractivity contribution in [2.75, 3.05) is 13.1 Å². The van der Waals surface area contributed by atoms with Crippen LogP contribution in [0.5, 0.6) is 0 Å². The lowest BCUT2D eigenvalue weighted by Crippen LogP contribution is -2.44. The Balaban J connectivity index is 1.44. The van der Waals surface area contributed by atoms with Gasteiger partial charge in [0.2, 0.25) is 5.91 Å². The number of nitrogens with zero attached hydrogens (tertiary/aromatic N) is 1. The van der Waals surface area contributed by atoms with E-state index in [4.69, 9.17) is 5.11 Å². The largest absolute Gasteiger partial charge is 0.392 e. The van der Waals surface area contributed by atoms with Gasteiger partial charge in [0, 0.05) is 12.6 Å². The number of carbonyl (C=O) groups excluding carboxylic acids is 1. The standard InChI is InChI=1S/C18H26N2O3/c21-12-14-3-1-13(2-4-14)11-20-9-7-15(8-10-20)17(22)18(23)19-16-5-6-16/h1-4,15-17,21-22H,5-12H2,(H,19,23)/t17-/m1/s1. The van der Waals surface area contributed by atoms with Crippen LogP contribution in [0.1, 0.15) is 36.8 Å². The van der Waals surface area contributed by atoms with Crippen molar-refractivity contribution in [3.8, 4) is 0 Å². The number of hydrogen-bond donors (Lipinski definition) is 3. The topological polar surface area (TPSA) is 72.8 Å². The van der Waals surface area contributed by atoms with Gasteiger partial charge in [-0.2, -0.15) is 0 Å². The number of aliphatic hydroxyl groups excluding tert-OH is 2. The SMILES string of the molecule is O=C(NC1CC1)[C@H](O)C1CCN(Cc2ccc(CO)cc2)CC1. The van der Waals surface area contributed by atoms with Gasteiger partial charge in [0.05, 0.1) is 6.61 Å². The van der Waals surface area contributed by atoms with Gasteiger partial charge < -0.3 is 15.5 Å². The summed E-state index contributed by atoms with van der Waals surface area (Å²) in [5, 5.41) is 22.2. The molecule has 1 aromatic carbocycles. The van der Waals surface area contributed by atoms with E-state index in [9.17, 15) is 9.90 Å². The predicted octanol–water partition coefficient (Wildman–Crippen LogP) is 1.03. The molecule has 0 bridgehead atoms. The molecule has 23 heavy (non-hydrogen) atoms. The second kappa shape index (κ2) is 7.43. The molecule has 5 nitrogen and oxygen atoms in total. The van der Waals surface area contributed by atoms with Crippen molar-refractivity contribution in [3.63, 3.8) is 0 Å². The summed E-state index contributed by atoms with van der Waals surface area (Å²) in [6, 6.07) is 8.31. The van der Waals surface area contributed by atoms with E-state index >= 15 is 0 Å². The molecule has 3 rings (SSSR count). The molecular formula is C18H26N2O3. The van der Waals surface area contributed by atoms with Crippen LogP contribution in [-0.2, 0) is 17.9 Å². The van der Waals surface area contributed by atoms with E-state index in [0.29, 0.717) is 6.04 Å². The Morgan fingerprint density at radius 3 is 2.30 bits per heavy atom. The number of nitrogens with one attached hydrogen (secondary N) is 1. The maximum atomic E-state index is 11.9. The summed E-state index contributed by atoms with van der Waals surface area (Å²) in [5.41, 5.74) is 2.16. The summed E-state index contributed by atoms with van der Waals surface area (Å²) >= 11 is 0. The molecule has 0 spiro atoms. The summed E-state index contributed by atoms with van der Waals surface area (Å²) < 4.78 is 0. The fourth-order valence-electron chi connectivity index (χ4n) is 3.16. The zero-order valence-electron chi connectivity index (χ0n) is 13.4. The minimum absolute atomic E-state index is 0.0711. The molecule has 2 fully saturated rings. The normalized spacial score (nSPS) is 21.1. The summed E-state index contributed by atoms with van der Waals surface area (Å²) in [6.07, 6.45) is 2.95. The Bertz CT molecular complexity index is 520. The van der Waals surface area contributed by atoms with Crippen molar-refractivity contribution >= 4 is 5.91 Å². The monoisotopic (exact) mass is 318 g/mol. The lowest BCUT2D eigenvalue weighted by molar-refractivity contribution is -0.133. The van der Waals surface area contributed by atoms with Crippen molar-refractivity contribution in [1.82, 2.24) is 10.2 Å². The number of likely N-dealkylation sites (tertiary alicyclic amines) is 1. The highest BCUT2D eigenvalue weighted by atomic mass is 16.3. The number of aliphatic hydroxyl groups is 2. The van der Waals surface area contributed by atoms with Crippen molar-refractivity contribution in [2.45, 2.75) is 51.0 Å². The molecule has 1 saturated heterocycles. The molecule has 0 aromatic heterocycles. The zero-order valence-corrected chi connectivity index (χ0v) is 13.4. The molecule has 126 valence electrons. The number of amides is 1. The van der Waals surface area contributed by atoms with E-state index in [-0.39, 0.29) is 18.4 Å². The van der Waals surface area contributed by atoms with E-state index in [2.05, 4.69) is 22.3 Å². The van der Waals surface area contributed by atoms with Gasteiger partial charge in [0.1, 0.15) is 6.10 Å². The first-order chi connectivity index (χ1) is 11.2. The second-order valence-electron chi connectivity index (χ2n) is 6.82. The average Bonchev–Trinajstić information content (AvgIpc) is 3.39. The van der Waals surface area contributed by atoms with Crippen molar-refractivity contribution in [2.24, 2.45) is 5.92 Å². The maximum Gasteiger partial charge on any atom is 0.249 e. The Morgan fingerprint density at radius 1 is 1.13 bits per heavy atom. The third-order valence-electron chi connectivity index (χ3n) is 4.88. The minimum Gasteiger partial charge on any atom is -0.392 e. The van der Waals surface area contributed by atoms with E-state index in [1.807, 2.05) is 12.1 Å². The van der Waals surface area contributed by atoms with Crippen molar-refractivity contribution in [3.05, 3.63) is 35.4 Å². The van der Waals surface area contributed by atoms with Crippen molar-refractivity contribution < 1.29 is 15.0 Å². The number of piperidine rings is 1. The second-order valence-corrected chi connectivity index (χ2v) is 6.82. The van der Waals surface area contributed by atoms with E-state index in [1.54, 1.807) is 0 Å². The highest BCUT2D eigenvalue weighted by Gasteiger charge is 2.32. The van der Waals surface area contributed by atoms with Gasteiger partial charge in [-0.05, 0) is 55.8 Å². The highest BCUT2D eigenvalue weighted by Crippen LogP contribution is 2.24. The minimum atomic E-state index is -0.860. The Kier molecular flexibility index (Phi) is 5.30. The smallest absolute Gasteiger partial charge is 0.249 e. The molecule has 0 radical (unpaired) electrons. The number of rotatable bonds is 6. The van der Waals surface area contributed by atoms with Crippen LogP contribution in [0, 0.1) is 5.92 Å². The third-order valence-corrected chi connectivity index (χ3v) is 4.88. The third kappa shape index (κ3) is 4.53. The van der Waals surface area contributed by atoms with Crippen LogP contribution < -0.4 is 5.32 Å². The predicted molar refractivity (Wildman–Crippen MR) is 87.5 cm³/mol. The van der Waals surface area contributed by atoms with Gasteiger partial charge in [0.25, 0.3) is 0 Å². The molecule has 1 amide bonds. The molecule has 1 aliphatic heterocycles. The van der Waals surface area contributed by atoms with Crippen LogP contribution in [0.4, 0.5) is 0 Å². The molecule has 1 aromatic rings. The molecule has 3 N–H and O–H groups in total. The molecular weight excluding hydrogens is 292 g/mol. The molecule has 2 aliphatic rings. The molecule has 1 atom stereocenters. The van der Waals surface area contributed by atoms with Gasteiger partial charge in [-0.1, -0.05) is 24.3 Å². The lowest BCUT2D eigenvalue weighted by atomic mass is 9.90. The maximum absolute atomic E-state index is 11.9. The summed E-state index contributed by atoms with van der Waals surface area (Å²) in [5.74, 6) is -0.118. The first-order valence-electron chi connectivity index (χ1n) is 8.55. The Labute approximate surface area is 137 Å². The number of hydrogen-bond acceptors (Lipinski definition) is 4. The fourth-order valence-corrected chi connectivity index (χ4v) is 3.16. The van der Waals surface area contributed by atoms with Gasteiger partial charge in [-0.15, -0.1) is 0 Å². The van der Waals surface area contributed by atoms with E-state index in [1.165, 1.54) is 5.56 Å². The van der Waals surface area contributed by atoms with Crippen LogP contribution >= 0.6 is 0 Å². The lowest BCUT2D eigenvalue weighted by Gasteiger charge is -2.33. The van der Waals surface area contributed by atoms with Crippen LogP contribution in [0.3, 0.4) is 0 Å². The van der Waals surface area contributed by atoms with Gasteiger partial charge in [0.15, 0.2) is 0 Å². The number of carbonyl (C=O) groups is 1. The highest BCUT2D eigenvalue weighted by molar-refractivity contribution is 5.81. The molecule has 0 unspecified atom stereocenters. The summed E-state index contributed by atoms with van der Waals surface area (Å²) in [6.45, 7) is 2.76. The first-order valence-corrected chi connectivity index (χ1v) is 8.55. The molecule has 1 heterocycles. The van der Waals surface area contributed by atoms with E-state index in [0.717, 1.165) is 50.9 Å². The van der Waals surface area contributed by atoms with E-state index < -0.39 is 6.10 Å². The van der Waals surface area contributed by atoms with Crippen LogP contribution in [-0.4, -0.2) is 46.3 Å². The summed E-state index contributed by atoms with van der Waals surface area (Å²) in [7, 11) is 0. The van der Waals surface area contributed by atoms with Gasteiger partial charge in [-0.3, -0.25) is 9.69 Å². The van der Waals surface area contributed by atoms with Crippen LogP contribution in [0.25, 0.3) is 0 Å². The Hall–Kier alpha value is -1.43. The Morgan fingerprint density at radius 2 is 1.74 bits per heavy atom. The molecule has 1 aliphatic carbocycles. The summed E-state index contributed by atoms with van der Waals surface area (Å²) in [4.78, 5) is 14.3. The van der Waals surface area contributed by atoms with Crippen LogP contribution in [0.15, 0.2) is 24.3 Å².